The number of piperidine rings is 1. The van der Waals surface area contributed by atoms with E-state index in [9.17, 15) is 14.3 Å². The van der Waals surface area contributed by atoms with Gasteiger partial charge in [0.25, 0.3) is 0 Å². The molecular weight excluding hydrogens is 273 g/mol. The fraction of sp³-hybridized carbons (Fsp3) is 0.562. The number of carbonyl (C=O) groups is 1. The van der Waals surface area contributed by atoms with Crippen LogP contribution in [-0.4, -0.2) is 41.7 Å². The molecule has 2 unspecified atom stereocenters. The number of aliphatic carboxylic acids is 1. The van der Waals surface area contributed by atoms with Crippen molar-refractivity contribution in [2.75, 3.05) is 19.7 Å². The Labute approximate surface area is 124 Å². The summed E-state index contributed by atoms with van der Waals surface area (Å²) >= 11 is 0. The summed E-state index contributed by atoms with van der Waals surface area (Å²) in [6.45, 7) is 4.15. The van der Waals surface area contributed by atoms with E-state index in [1.54, 1.807) is 12.1 Å². The Morgan fingerprint density at radius 3 is 2.81 bits per heavy atom. The van der Waals surface area contributed by atoms with Crippen molar-refractivity contribution >= 4 is 5.97 Å². The molecule has 1 saturated heterocycles. The van der Waals surface area contributed by atoms with E-state index in [-0.39, 0.29) is 11.9 Å². The van der Waals surface area contributed by atoms with Gasteiger partial charge in [0, 0.05) is 6.54 Å². The molecule has 0 aliphatic carbocycles. The quantitative estimate of drug-likeness (QED) is 0.820. The molecule has 0 bridgehead atoms. The van der Waals surface area contributed by atoms with Gasteiger partial charge in [0.05, 0.1) is 6.61 Å². The lowest BCUT2D eigenvalue weighted by atomic mass is 9.92. The van der Waals surface area contributed by atoms with Crippen LogP contribution in [0.1, 0.15) is 26.2 Å². The Bertz CT molecular complexity index is 463. The zero-order chi connectivity index (χ0) is 15.2. The van der Waals surface area contributed by atoms with Crippen molar-refractivity contribution in [2.24, 2.45) is 5.92 Å². The molecule has 1 fully saturated rings. The van der Waals surface area contributed by atoms with E-state index < -0.39 is 5.97 Å². The second-order valence-corrected chi connectivity index (χ2v) is 5.68. The number of ether oxygens (including phenoxy) is 1. The minimum atomic E-state index is -0.735. The van der Waals surface area contributed by atoms with Crippen LogP contribution in [0, 0.1) is 11.7 Å². The SMILES string of the molecule is CC1CCN(CCCOc2ccc(F)cc2)C(C(=O)O)C1. The number of likely N-dealkylation sites (tertiary alicyclic amines) is 1. The molecule has 1 aliphatic rings. The molecule has 2 atom stereocenters. The minimum Gasteiger partial charge on any atom is -0.494 e. The number of hydrogen-bond donors (Lipinski definition) is 1. The van der Waals surface area contributed by atoms with Crippen molar-refractivity contribution in [3.05, 3.63) is 30.1 Å². The Hall–Kier alpha value is -1.62. The Morgan fingerprint density at radius 2 is 2.14 bits per heavy atom. The van der Waals surface area contributed by atoms with Gasteiger partial charge in [-0.15, -0.1) is 0 Å². The Morgan fingerprint density at radius 1 is 1.43 bits per heavy atom. The molecule has 1 heterocycles. The normalized spacial score (nSPS) is 23.0. The van der Waals surface area contributed by atoms with Crippen LogP contribution in [0.4, 0.5) is 4.39 Å². The minimum absolute atomic E-state index is 0.283. The van der Waals surface area contributed by atoms with Crippen LogP contribution in [0.25, 0.3) is 0 Å². The molecule has 5 heteroatoms. The van der Waals surface area contributed by atoms with Gasteiger partial charge in [-0.2, -0.15) is 0 Å². The molecule has 0 radical (unpaired) electrons. The van der Waals surface area contributed by atoms with Gasteiger partial charge in [0.1, 0.15) is 17.6 Å². The number of hydrogen-bond acceptors (Lipinski definition) is 3. The average molecular weight is 295 g/mol. The first-order valence-electron chi connectivity index (χ1n) is 7.41. The van der Waals surface area contributed by atoms with Gasteiger partial charge in [-0.05, 0) is 56.0 Å². The maximum atomic E-state index is 12.8. The maximum absolute atomic E-state index is 12.8. The summed E-state index contributed by atoms with van der Waals surface area (Å²) in [5.74, 6) is 0.0892. The zero-order valence-electron chi connectivity index (χ0n) is 12.3. The molecule has 0 saturated carbocycles. The highest BCUT2D eigenvalue weighted by atomic mass is 19.1. The van der Waals surface area contributed by atoms with Crippen molar-refractivity contribution in [3.8, 4) is 5.75 Å². The van der Waals surface area contributed by atoms with Crippen molar-refractivity contribution in [2.45, 2.75) is 32.2 Å². The van der Waals surface area contributed by atoms with Crippen LogP contribution in [-0.2, 0) is 4.79 Å². The van der Waals surface area contributed by atoms with Crippen LogP contribution < -0.4 is 4.74 Å². The first kappa shape index (κ1) is 15.8. The van der Waals surface area contributed by atoms with E-state index in [1.165, 1.54) is 12.1 Å². The highest BCUT2D eigenvalue weighted by molar-refractivity contribution is 5.73. The Kier molecular flexibility index (Phi) is 5.56. The predicted octanol–water partition coefficient (Wildman–Crippen LogP) is 2.78. The summed E-state index contributed by atoms with van der Waals surface area (Å²) in [6.07, 6.45) is 2.52. The lowest BCUT2D eigenvalue weighted by Crippen LogP contribution is -2.47. The predicted molar refractivity (Wildman–Crippen MR) is 77.9 cm³/mol. The molecular formula is C16H22FNO3. The number of rotatable bonds is 6. The van der Waals surface area contributed by atoms with Gasteiger partial charge in [-0.1, -0.05) is 6.92 Å². The number of carboxylic acid groups (broad SMARTS) is 1. The molecule has 1 aromatic carbocycles. The third kappa shape index (κ3) is 4.70. The van der Waals surface area contributed by atoms with Crippen LogP contribution in [0.15, 0.2) is 24.3 Å². The molecule has 0 aromatic heterocycles. The van der Waals surface area contributed by atoms with E-state index >= 15 is 0 Å². The highest BCUT2D eigenvalue weighted by Gasteiger charge is 2.31. The van der Waals surface area contributed by atoms with E-state index in [1.807, 2.05) is 4.90 Å². The maximum Gasteiger partial charge on any atom is 0.320 e. The van der Waals surface area contributed by atoms with Gasteiger partial charge in [-0.25, -0.2) is 4.39 Å². The van der Waals surface area contributed by atoms with Crippen LogP contribution in [0.5, 0.6) is 5.75 Å². The molecule has 1 N–H and O–H groups in total. The molecule has 0 spiro atoms. The fourth-order valence-electron chi connectivity index (χ4n) is 2.70. The van der Waals surface area contributed by atoms with Gasteiger partial charge in [-0.3, -0.25) is 9.69 Å². The number of carboxylic acids is 1. The highest BCUT2D eigenvalue weighted by Crippen LogP contribution is 2.22. The molecule has 2 rings (SSSR count). The van der Waals surface area contributed by atoms with E-state index in [4.69, 9.17) is 4.74 Å². The van der Waals surface area contributed by atoms with Crippen molar-refractivity contribution in [3.63, 3.8) is 0 Å². The molecule has 21 heavy (non-hydrogen) atoms. The number of nitrogens with zero attached hydrogens (tertiary/aromatic N) is 1. The molecule has 1 aliphatic heterocycles. The smallest absolute Gasteiger partial charge is 0.320 e. The summed E-state index contributed by atoms with van der Waals surface area (Å²) in [5, 5.41) is 9.28. The second kappa shape index (κ2) is 7.41. The van der Waals surface area contributed by atoms with E-state index in [0.717, 1.165) is 19.4 Å². The molecule has 4 nitrogen and oxygen atoms in total. The summed E-state index contributed by atoms with van der Waals surface area (Å²) < 4.78 is 18.3. The summed E-state index contributed by atoms with van der Waals surface area (Å²) in [4.78, 5) is 13.3. The fourth-order valence-corrected chi connectivity index (χ4v) is 2.70. The van der Waals surface area contributed by atoms with Gasteiger partial charge < -0.3 is 9.84 Å². The molecule has 116 valence electrons. The number of halogens is 1. The summed E-state index contributed by atoms with van der Waals surface area (Å²) in [5.41, 5.74) is 0. The van der Waals surface area contributed by atoms with Crippen LogP contribution in [0.2, 0.25) is 0 Å². The lowest BCUT2D eigenvalue weighted by Gasteiger charge is -2.35. The van der Waals surface area contributed by atoms with Gasteiger partial charge in [0.2, 0.25) is 0 Å². The second-order valence-electron chi connectivity index (χ2n) is 5.68. The van der Waals surface area contributed by atoms with Gasteiger partial charge in [0.15, 0.2) is 0 Å². The Balaban J connectivity index is 1.74. The monoisotopic (exact) mass is 295 g/mol. The van der Waals surface area contributed by atoms with Crippen molar-refractivity contribution < 1.29 is 19.0 Å². The van der Waals surface area contributed by atoms with Crippen molar-refractivity contribution in [1.82, 2.24) is 4.90 Å². The van der Waals surface area contributed by atoms with E-state index in [2.05, 4.69) is 6.92 Å². The van der Waals surface area contributed by atoms with Crippen LogP contribution >= 0.6 is 0 Å². The standard InChI is InChI=1S/C16H22FNO3/c1-12-7-9-18(15(11-12)16(19)20)8-2-10-21-14-5-3-13(17)4-6-14/h3-6,12,15H,2,7-11H2,1H3,(H,19,20). The summed E-state index contributed by atoms with van der Waals surface area (Å²) in [7, 11) is 0. The van der Waals surface area contributed by atoms with Crippen LogP contribution in [0.3, 0.4) is 0 Å². The molecule has 0 amide bonds. The zero-order valence-corrected chi connectivity index (χ0v) is 12.3. The van der Waals surface area contributed by atoms with E-state index in [0.29, 0.717) is 31.2 Å². The third-order valence-electron chi connectivity index (χ3n) is 3.93. The topological polar surface area (TPSA) is 49.8 Å². The first-order chi connectivity index (χ1) is 10.1. The largest absolute Gasteiger partial charge is 0.494 e. The number of benzene rings is 1. The summed E-state index contributed by atoms with van der Waals surface area (Å²) in [6, 6.07) is 5.54. The first-order valence-corrected chi connectivity index (χ1v) is 7.41. The molecule has 1 aromatic rings. The average Bonchev–Trinajstić information content (AvgIpc) is 2.46. The van der Waals surface area contributed by atoms with Crippen molar-refractivity contribution in [1.29, 1.82) is 0 Å². The third-order valence-corrected chi connectivity index (χ3v) is 3.93. The lowest BCUT2D eigenvalue weighted by molar-refractivity contribution is -0.145. The van der Waals surface area contributed by atoms with Gasteiger partial charge >= 0.3 is 5.97 Å².